The largest absolute Gasteiger partial charge is 0.336 e. The van der Waals surface area contributed by atoms with Crippen molar-refractivity contribution in [2.45, 2.75) is 11.6 Å². The molecule has 0 aliphatic rings. The minimum Gasteiger partial charge on any atom is -0.336 e. The molecule has 2 heterocycles. The minimum atomic E-state index is -3.75. The number of halogens is 1. The SMILES string of the molecule is Cn1cncc1Cn1cnc(S(=O)(=O)Cl)c1. The fourth-order valence-corrected chi connectivity index (χ4v) is 1.95. The van der Waals surface area contributed by atoms with Gasteiger partial charge in [0.25, 0.3) is 9.05 Å². The molecule has 0 N–H and O–H groups in total. The molecule has 2 aromatic rings. The Balaban J connectivity index is 2.25. The van der Waals surface area contributed by atoms with Gasteiger partial charge in [-0.1, -0.05) is 0 Å². The molecule has 0 atom stereocenters. The van der Waals surface area contributed by atoms with Crippen molar-refractivity contribution in [2.24, 2.45) is 7.05 Å². The maximum atomic E-state index is 11.0. The molecule has 86 valence electrons. The summed E-state index contributed by atoms with van der Waals surface area (Å²) in [6, 6.07) is 0. The first-order chi connectivity index (χ1) is 7.47. The Bertz CT molecular complexity index is 601. The van der Waals surface area contributed by atoms with Crippen LogP contribution in [0, 0.1) is 0 Å². The Labute approximate surface area is 96.9 Å². The summed E-state index contributed by atoms with van der Waals surface area (Å²) in [6.07, 6.45) is 6.18. The van der Waals surface area contributed by atoms with Gasteiger partial charge in [0.2, 0.25) is 0 Å². The molecule has 0 saturated heterocycles. The maximum Gasteiger partial charge on any atom is 0.280 e. The third-order valence-corrected chi connectivity index (χ3v) is 3.31. The fraction of sp³-hybridized carbons (Fsp3) is 0.250. The van der Waals surface area contributed by atoms with E-state index in [9.17, 15) is 8.42 Å². The molecule has 2 aromatic heterocycles. The van der Waals surface area contributed by atoms with E-state index in [0.29, 0.717) is 6.54 Å². The lowest BCUT2D eigenvalue weighted by atomic mass is 10.4. The van der Waals surface area contributed by atoms with E-state index in [4.69, 9.17) is 10.7 Å². The number of hydrogen-bond acceptors (Lipinski definition) is 4. The van der Waals surface area contributed by atoms with Gasteiger partial charge in [0.05, 0.1) is 24.9 Å². The molecule has 0 saturated carbocycles. The van der Waals surface area contributed by atoms with Crippen LogP contribution in [0.25, 0.3) is 0 Å². The molecular weight excluding hydrogens is 252 g/mol. The highest BCUT2D eigenvalue weighted by atomic mass is 35.7. The molecule has 6 nitrogen and oxygen atoms in total. The number of rotatable bonds is 3. The van der Waals surface area contributed by atoms with Gasteiger partial charge in [-0.25, -0.2) is 18.4 Å². The van der Waals surface area contributed by atoms with Crippen LogP contribution in [0.1, 0.15) is 5.69 Å². The number of aryl methyl sites for hydroxylation is 1. The Morgan fingerprint density at radius 3 is 2.69 bits per heavy atom. The molecule has 0 bridgehead atoms. The zero-order chi connectivity index (χ0) is 11.8. The van der Waals surface area contributed by atoms with Crippen LogP contribution < -0.4 is 0 Å². The van der Waals surface area contributed by atoms with Crippen molar-refractivity contribution in [3.05, 3.63) is 30.7 Å². The summed E-state index contributed by atoms with van der Waals surface area (Å²) in [7, 11) is 3.27. The third kappa shape index (κ3) is 2.25. The summed E-state index contributed by atoms with van der Waals surface area (Å²) in [5.74, 6) is 0. The van der Waals surface area contributed by atoms with Crippen molar-refractivity contribution in [2.75, 3.05) is 0 Å². The molecule has 0 aliphatic heterocycles. The lowest BCUT2D eigenvalue weighted by Gasteiger charge is -2.01. The zero-order valence-corrected chi connectivity index (χ0v) is 9.98. The Hall–Kier alpha value is -1.34. The number of nitrogens with zero attached hydrogens (tertiary/aromatic N) is 4. The Morgan fingerprint density at radius 1 is 1.44 bits per heavy atom. The highest BCUT2D eigenvalue weighted by Gasteiger charge is 2.13. The van der Waals surface area contributed by atoms with E-state index in [1.54, 1.807) is 17.1 Å². The van der Waals surface area contributed by atoms with Crippen LogP contribution in [-0.4, -0.2) is 27.5 Å². The topological polar surface area (TPSA) is 69.8 Å². The molecule has 0 spiro atoms. The van der Waals surface area contributed by atoms with Crippen LogP contribution in [0.2, 0.25) is 0 Å². The number of aromatic nitrogens is 4. The third-order valence-electron chi connectivity index (χ3n) is 2.12. The van der Waals surface area contributed by atoms with Gasteiger partial charge in [0, 0.05) is 30.1 Å². The Morgan fingerprint density at radius 2 is 2.19 bits per heavy atom. The maximum absolute atomic E-state index is 11.0. The van der Waals surface area contributed by atoms with E-state index >= 15 is 0 Å². The van der Waals surface area contributed by atoms with Crippen molar-refractivity contribution < 1.29 is 8.42 Å². The van der Waals surface area contributed by atoms with Crippen molar-refractivity contribution >= 4 is 19.7 Å². The van der Waals surface area contributed by atoms with Crippen LogP contribution in [0.15, 0.2) is 30.1 Å². The summed E-state index contributed by atoms with van der Waals surface area (Å²) < 4.78 is 25.4. The van der Waals surface area contributed by atoms with Gasteiger partial charge in [0.15, 0.2) is 5.03 Å². The van der Waals surface area contributed by atoms with Crippen molar-refractivity contribution in [3.8, 4) is 0 Å². The highest BCUT2D eigenvalue weighted by Crippen LogP contribution is 2.12. The van der Waals surface area contributed by atoms with Crippen molar-refractivity contribution in [1.29, 1.82) is 0 Å². The summed E-state index contributed by atoms with van der Waals surface area (Å²) in [4.78, 5) is 7.67. The van der Waals surface area contributed by atoms with Crippen LogP contribution in [-0.2, 0) is 22.6 Å². The fourth-order valence-electron chi connectivity index (χ4n) is 1.28. The molecule has 16 heavy (non-hydrogen) atoms. The van der Waals surface area contributed by atoms with Crippen LogP contribution >= 0.6 is 10.7 Å². The zero-order valence-electron chi connectivity index (χ0n) is 8.41. The molecule has 8 heteroatoms. The molecule has 0 fully saturated rings. The van der Waals surface area contributed by atoms with Gasteiger partial charge in [-0.3, -0.25) is 0 Å². The number of hydrogen-bond donors (Lipinski definition) is 0. The first-order valence-corrected chi connectivity index (χ1v) is 6.69. The van der Waals surface area contributed by atoms with Crippen LogP contribution in [0.5, 0.6) is 0 Å². The average Bonchev–Trinajstić information content (AvgIpc) is 2.76. The van der Waals surface area contributed by atoms with E-state index in [2.05, 4.69) is 9.97 Å². The lowest BCUT2D eigenvalue weighted by molar-refractivity contribution is 0.606. The predicted molar refractivity (Wildman–Crippen MR) is 57.6 cm³/mol. The Kier molecular flexibility index (Phi) is 2.73. The van der Waals surface area contributed by atoms with Gasteiger partial charge >= 0.3 is 0 Å². The molecule has 0 radical (unpaired) electrons. The molecule has 0 aliphatic carbocycles. The highest BCUT2D eigenvalue weighted by molar-refractivity contribution is 8.13. The lowest BCUT2D eigenvalue weighted by Crippen LogP contribution is -2.02. The standard InChI is InChI=1S/C8H9ClN4O2S/c1-12-5-10-2-7(12)3-13-4-8(11-6-13)16(9,14)15/h2,4-6H,3H2,1H3. The van der Waals surface area contributed by atoms with Crippen molar-refractivity contribution in [1.82, 2.24) is 19.1 Å². The van der Waals surface area contributed by atoms with Gasteiger partial charge in [-0.15, -0.1) is 0 Å². The molecule has 2 rings (SSSR count). The molecule has 0 unspecified atom stereocenters. The van der Waals surface area contributed by atoms with Crippen LogP contribution in [0.4, 0.5) is 0 Å². The van der Waals surface area contributed by atoms with E-state index < -0.39 is 9.05 Å². The van der Waals surface area contributed by atoms with E-state index in [1.807, 2.05) is 11.6 Å². The molecule has 0 aromatic carbocycles. The van der Waals surface area contributed by atoms with Gasteiger partial charge in [-0.05, 0) is 0 Å². The smallest absolute Gasteiger partial charge is 0.280 e. The first-order valence-electron chi connectivity index (χ1n) is 4.38. The molecular formula is C8H9ClN4O2S. The second-order valence-electron chi connectivity index (χ2n) is 3.32. The van der Waals surface area contributed by atoms with E-state index in [-0.39, 0.29) is 5.03 Å². The van der Waals surface area contributed by atoms with Crippen LogP contribution in [0.3, 0.4) is 0 Å². The van der Waals surface area contributed by atoms with E-state index in [1.165, 1.54) is 12.5 Å². The van der Waals surface area contributed by atoms with Crippen molar-refractivity contribution in [3.63, 3.8) is 0 Å². The van der Waals surface area contributed by atoms with Gasteiger partial charge < -0.3 is 9.13 Å². The number of imidazole rings is 2. The average molecular weight is 261 g/mol. The van der Waals surface area contributed by atoms with E-state index in [0.717, 1.165) is 5.69 Å². The second kappa shape index (κ2) is 3.91. The summed E-state index contributed by atoms with van der Waals surface area (Å²) in [5, 5.41) is -0.142. The predicted octanol–water partition coefficient (Wildman–Crippen LogP) is 0.592. The molecule has 0 amide bonds. The second-order valence-corrected chi connectivity index (χ2v) is 5.83. The monoisotopic (exact) mass is 260 g/mol. The van der Waals surface area contributed by atoms with Gasteiger partial charge in [0.1, 0.15) is 0 Å². The minimum absolute atomic E-state index is 0.142. The quantitative estimate of drug-likeness (QED) is 0.758. The summed E-state index contributed by atoms with van der Waals surface area (Å²) in [6.45, 7) is 0.496. The first kappa shape index (κ1) is 11.2. The summed E-state index contributed by atoms with van der Waals surface area (Å²) >= 11 is 0. The summed E-state index contributed by atoms with van der Waals surface area (Å²) in [5.41, 5.74) is 0.941. The normalized spacial score (nSPS) is 11.9. The van der Waals surface area contributed by atoms with Gasteiger partial charge in [-0.2, -0.15) is 0 Å².